The fourth-order valence-corrected chi connectivity index (χ4v) is 2.12. The number of rotatable bonds is 2. The summed E-state index contributed by atoms with van der Waals surface area (Å²) in [6, 6.07) is 7.96. The zero-order valence-electron chi connectivity index (χ0n) is 11.0. The SMILES string of the molecule is FC1(F)Oc2ccc(-c3ccc(-n4ccnc4)nn3)cc2O1. The molecule has 22 heavy (non-hydrogen) atoms. The maximum Gasteiger partial charge on any atom is 0.586 e. The summed E-state index contributed by atoms with van der Waals surface area (Å²) in [7, 11) is 0. The third-order valence-electron chi connectivity index (χ3n) is 3.12. The second-order valence-corrected chi connectivity index (χ2v) is 4.58. The molecule has 0 aliphatic carbocycles. The molecule has 0 saturated carbocycles. The highest BCUT2D eigenvalue weighted by atomic mass is 19.3. The molecule has 0 bridgehead atoms. The van der Waals surface area contributed by atoms with Gasteiger partial charge >= 0.3 is 6.29 Å². The van der Waals surface area contributed by atoms with Crippen molar-refractivity contribution >= 4 is 0 Å². The highest BCUT2D eigenvalue weighted by molar-refractivity contribution is 5.64. The molecule has 1 aliphatic heterocycles. The van der Waals surface area contributed by atoms with Crippen molar-refractivity contribution in [2.24, 2.45) is 0 Å². The minimum absolute atomic E-state index is 0.00301. The van der Waals surface area contributed by atoms with Gasteiger partial charge in [-0.25, -0.2) is 4.98 Å². The lowest BCUT2D eigenvalue weighted by Crippen LogP contribution is -2.25. The van der Waals surface area contributed by atoms with Crippen LogP contribution in [0.3, 0.4) is 0 Å². The summed E-state index contributed by atoms with van der Waals surface area (Å²) >= 11 is 0. The quantitative estimate of drug-likeness (QED) is 0.728. The average molecular weight is 302 g/mol. The van der Waals surface area contributed by atoms with E-state index >= 15 is 0 Å². The zero-order valence-corrected chi connectivity index (χ0v) is 11.0. The third-order valence-corrected chi connectivity index (χ3v) is 3.12. The van der Waals surface area contributed by atoms with E-state index in [0.29, 0.717) is 17.1 Å². The predicted molar refractivity (Wildman–Crippen MR) is 70.8 cm³/mol. The molecule has 1 aliphatic rings. The Kier molecular flexibility index (Phi) is 2.59. The van der Waals surface area contributed by atoms with Crippen LogP contribution in [-0.4, -0.2) is 26.0 Å². The summed E-state index contributed by atoms with van der Waals surface area (Å²) in [5, 5.41) is 8.16. The van der Waals surface area contributed by atoms with Crippen molar-refractivity contribution < 1.29 is 18.3 Å². The Morgan fingerprint density at radius 1 is 1.00 bits per heavy atom. The number of hydrogen-bond donors (Lipinski definition) is 0. The number of imidazole rings is 1. The number of nitrogens with zero attached hydrogens (tertiary/aromatic N) is 4. The first-order valence-electron chi connectivity index (χ1n) is 6.33. The van der Waals surface area contributed by atoms with Crippen LogP contribution in [0.15, 0.2) is 49.1 Å². The highest BCUT2D eigenvalue weighted by Gasteiger charge is 2.43. The minimum Gasteiger partial charge on any atom is -0.395 e. The van der Waals surface area contributed by atoms with E-state index in [9.17, 15) is 8.78 Å². The van der Waals surface area contributed by atoms with Crippen LogP contribution in [0.2, 0.25) is 0 Å². The monoisotopic (exact) mass is 302 g/mol. The van der Waals surface area contributed by atoms with Gasteiger partial charge < -0.3 is 9.47 Å². The number of alkyl halides is 2. The molecule has 6 nitrogen and oxygen atoms in total. The molecule has 0 atom stereocenters. The number of ether oxygens (including phenoxy) is 2. The number of benzene rings is 1. The lowest BCUT2D eigenvalue weighted by atomic mass is 10.1. The maximum atomic E-state index is 13.0. The fourth-order valence-electron chi connectivity index (χ4n) is 2.12. The van der Waals surface area contributed by atoms with Crippen LogP contribution >= 0.6 is 0 Å². The first-order valence-corrected chi connectivity index (χ1v) is 6.33. The standard InChI is InChI=1S/C14H8F2N4O2/c15-14(16)21-11-3-1-9(7-12(11)22-14)10-2-4-13(19-18-10)20-6-5-17-8-20/h1-8H. The first-order chi connectivity index (χ1) is 10.6. The zero-order chi connectivity index (χ0) is 15.2. The second kappa shape index (κ2) is 4.48. The molecule has 0 fully saturated rings. The molecule has 0 amide bonds. The average Bonchev–Trinajstić information content (AvgIpc) is 3.12. The Bertz CT molecular complexity index is 819. The molecule has 8 heteroatoms. The maximum absolute atomic E-state index is 13.0. The molecular formula is C14H8F2N4O2. The first kappa shape index (κ1) is 12.7. The molecule has 4 rings (SSSR count). The van der Waals surface area contributed by atoms with Gasteiger partial charge in [-0.2, -0.15) is 0 Å². The summed E-state index contributed by atoms with van der Waals surface area (Å²) in [5.74, 6) is 0.577. The van der Waals surface area contributed by atoms with Crippen LogP contribution in [0.1, 0.15) is 0 Å². The Labute approximate surface area is 123 Å². The smallest absolute Gasteiger partial charge is 0.395 e. The van der Waals surface area contributed by atoms with Gasteiger partial charge in [0.2, 0.25) is 0 Å². The molecule has 110 valence electrons. The van der Waals surface area contributed by atoms with Crippen LogP contribution in [0, 0.1) is 0 Å². The molecule has 0 radical (unpaired) electrons. The van der Waals surface area contributed by atoms with Crippen molar-refractivity contribution in [1.29, 1.82) is 0 Å². The van der Waals surface area contributed by atoms with Gasteiger partial charge in [-0.3, -0.25) is 4.57 Å². The Hall–Kier alpha value is -3.03. The number of halogens is 2. The molecule has 0 saturated heterocycles. The fraction of sp³-hybridized carbons (Fsp3) is 0.0714. The summed E-state index contributed by atoms with van der Waals surface area (Å²) < 4.78 is 36.5. The van der Waals surface area contributed by atoms with Gasteiger partial charge in [0, 0.05) is 18.0 Å². The Morgan fingerprint density at radius 3 is 2.59 bits per heavy atom. The van der Waals surface area contributed by atoms with Crippen molar-refractivity contribution in [2.75, 3.05) is 0 Å². The lowest BCUT2D eigenvalue weighted by Gasteiger charge is -2.04. The van der Waals surface area contributed by atoms with E-state index in [2.05, 4.69) is 24.7 Å². The topological polar surface area (TPSA) is 62.1 Å². The van der Waals surface area contributed by atoms with Gasteiger partial charge in [0.1, 0.15) is 6.33 Å². The summed E-state index contributed by atoms with van der Waals surface area (Å²) in [5.41, 5.74) is 1.13. The van der Waals surface area contributed by atoms with E-state index in [0.717, 1.165) is 0 Å². The number of hydrogen-bond acceptors (Lipinski definition) is 5. The molecule has 2 aromatic heterocycles. The molecule has 0 unspecified atom stereocenters. The molecule has 1 aromatic carbocycles. The van der Waals surface area contributed by atoms with Gasteiger partial charge in [0.25, 0.3) is 0 Å². The lowest BCUT2D eigenvalue weighted by molar-refractivity contribution is -0.286. The van der Waals surface area contributed by atoms with Crippen molar-refractivity contribution in [3.05, 3.63) is 49.1 Å². The van der Waals surface area contributed by atoms with Crippen LogP contribution in [-0.2, 0) is 0 Å². The van der Waals surface area contributed by atoms with Crippen LogP contribution in [0.4, 0.5) is 8.78 Å². The Morgan fingerprint density at radius 2 is 1.86 bits per heavy atom. The number of aromatic nitrogens is 4. The van der Waals surface area contributed by atoms with Gasteiger partial charge in [-0.15, -0.1) is 19.0 Å². The molecular weight excluding hydrogens is 294 g/mol. The number of fused-ring (bicyclic) bond motifs is 1. The van der Waals surface area contributed by atoms with E-state index < -0.39 is 6.29 Å². The van der Waals surface area contributed by atoms with E-state index in [1.165, 1.54) is 12.1 Å². The largest absolute Gasteiger partial charge is 0.586 e. The normalized spacial score (nSPS) is 15.0. The molecule has 3 heterocycles. The molecule has 0 N–H and O–H groups in total. The van der Waals surface area contributed by atoms with Gasteiger partial charge in [-0.05, 0) is 30.3 Å². The predicted octanol–water partition coefficient (Wildman–Crippen LogP) is 2.65. The summed E-state index contributed by atoms with van der Waals surface area (Å²) in [4.78, 5) is 3.93. The molecule has 0 spiro atoms. The van der Waals surface area contributed by atoms with Crippen molar-refractivity contribution in [1.82, 2.24) is 19.7 Å². The van der Waals surface area contributed by atoms with Crippen molar-refractivity contribution in [3.63, 3.8) is 0 Å². The Balaban J connectivity index is 1.66. The third kappa shape index (κ3) is 2.14. The molecule has 3 aromatic rings. The second-order valence-electron chi connectivity index (χ2n) is 4.58. The van der Waals surface area contributed by atoms with Crippen molar-refractivity contribution in [3.8, 4) is 28.6 Å². The summed E-state index contributed by atoms with van der Waals surface area (Å²) in [6.07, 6.45) is 1.35. The van der Waals surface area contributed by atoms with E-state index in [4.69, 9.17) is 0 Å². The van der Waals surface area contributed by atoms with E-state index in [1.54, 1.807) is 41.5 Å². The highest BCUT2D eigenvalue weighted by Crippen LogP contribution is 2.42. The minimum atomic E-state index is -3.63. The van der Waals surface area contributed by atoms with Crippen molar-refractivity contribution in [2.45, 2.75) is 6.29 Å². The summed E-state index contributed by atoms with van der Waals surface area (Å²) in [6.45, 7) is 0. The van der Waals surface area contributed by atoms with E-state index in [1.807, 2.05) is 0 Å². The van der Waals surface area contributed by atoms with Gasteiger partial charge in [-0.1, -0.05) is 0 Å². The van der Waals surface area contributed by atoms with Crippen LogP contribution in [0.5, 0.6) is 11.5 Å². The van der Waals surface area contributed by atoms with Crippen LogP contribution in [0.25, 0.3) is 17.1 Å². The van der Waals surface area contributed by atoms with Gasteiger partial charge in [0.05, 0.1) is 5.69 Å². The van der Waals surface area contributed by atoms with Gasteiger partial charge in [0.15, 0.2) is 17.3 Å². The van der Waals surface area contributed by atoms with E-state index in [-0.39, 0.29) is 11.5 Å². The van der Waals surface area contributed by atoms with Crippen LogP contribution < -0.4 is 9.47 Å².